The minimum atomic E-state index is -3.66. The summed E-state index contributed by atoms with van der Waals surface area (Å²) in [7, 11) is -3.66. The highest BCUT2D eigenvalue weighted by Gasteiger charge is 2.17. The number of para-hydroxylation sites is 1. The lowest BCUT2D eigenvalue weighted by Gasteiger charge is -2.10. The zero-order valence-corrected chi connectivity index (χ0v) is 19.0. The molecule has 0 fully saturated rings. The number of sulfonamides is 1. The number of hydrogen-bond donors (Lipinski definition) is 2. The molecule has 3 aromatic rings. The zero-order chi connectivity index (χ0) is 23.8. The van der Waals surface area contributed by atoms with Gasteiger partial charge in [-0.2, -0.15) is 0 Å². The van der Waals surface area contributed by atoms with Crippen molar-refractivity contribution >= 4 is 27.6 Å². The van der Waals surface area contributed by atoms with Gasteiger partial charge in [0.1, 0.15) is 11.5 Å². The fourth-order valence-electron chi connectivity index (χ4n) is 2.79. The lowest BCUT2D eigenvalue weighted by atomic mass is 10.2. The molecule has 0 aliphatic rings. The van der Waals surface area contributed by atoms with E-state index >= 15 is 0 Å². The van der Waals surface area contributed by atoms with Crippen LogP contribution in [-0.2, 0) is 19.6 Å². The quantitative estimate of drug-likeness (QED) is 0.460. The van der Waals surface area contributed by atoms with Crippen LogP contribution in [0.4, 0.5) is 5.69 Å². The zero-order valence-electron chi connectivity index (χ0n) is 18.1. The maximum atomic E-state index is 12.2. The molecule has 0 aliphatic carbocycles. The summed E-state index contributed by atoms with van der Waals surface area (Å²) < 4.78 is 37.4. The molecule has 1 amide bonds. The van der Waals surface area contributed by atoms with Crippen LogP contribution in [0.1, 0.15) is 24.2 Å². The number of benzene rings is 3. The first-order valence-corrected chi connectivity index (χ1v) is 11.6. The summed E-state index contributed by atoms with van der Waals surface area (Å²) >= 11 is 0. The van der Waals surface area contributed by atoms with E-state index in [2.05, 4.69) is 10.0 Å². The summed E-state index contributed by atoms with van der Waals surface area (Å²) in [5.74, 6) is 0.0561. The second kappa shape index (κ2) is 10.8. The third-order valence-electron chi connectivity index (χ3n) is 4.24. The number of carbonyl (C=O) groups is 2. The van der Waals surface area contributed by atoms with Crippen molar-refractivity contribution in [3.05, 3.63) is 84.4 Å². The molecule has 0 aliphatic heterocycles. The highest BCUT2D eigenvalue weighted by atomic mass is 32.2. The Morgan fingerprint density at radius 1 is 0.848 bits per heavy atom. The topological polar surface area (TPSA) is 111 Å². The second-order valence-electron chi connectivity index (χ2n) is 7.36. The van der Waals surface area contributed by atoms with E-state index in [-0.39, 0.29) is 16.5 Å². The van der Waals surface area contributed by atoms with Crippen LogP contribution in [0.3, 0.4) is 0 Å². The normalized spacial score (nSPS) is 11.1. The van der Waals surface area contributed by atoms with Crippen molar-refractivity contribution in [1.82, 2.24) is 4.72 Å². The van der Waals surface area contributed by atoms with Crippen molar-refractivity contribution < 1.29 is 27.5 Å². The predicted octanol–water partition coefficient (Wildman–Crippen LogP) is 3.96. The van der Waals surface area contributed by atoms with E-state index in [1.165, 1.54) is 24.3 Å². The second-order valence-corrected chi connectivity index (χ2v) is 9.08. The van der Waals surface area contributed by atoms with E-state index in [9.17, 15) is 18.0 Å². The van der Waals surface area contributed by atoms with Crippen molar-refractivity contribution in [3.8, 4) is 11.5 Å². The van der Waals surface area contributed by atoms with E-state index in [4.69, 9.17) is 9.47 Å². The molecule has 0 radical (unpaired) electrons. The number of anilines is 1. The number of carbonyl (C=O) groups excluding carboxylic acids is 2. The van der Waals surface area contributed by atoms with E-state index < -0.39 is 28.5 Å². The molecule has 0 saturated carbocycles. The Morgan fingerprint density at radius 2 is 1.45 bits per heavy atom. The van der Waals surface area contributed by atoms with Crippen LogP contribution in [0, 0.1) is 0 Å². The third kappa shape index (κ3) is 7.16. The summed E-state index contributed by atoms with van der Waals surface area (Å²) in [6.45, 7) is 2.93. The Bertz CT molecular complexity index is 1190. The first-order chi connectivity index (χ1) is 15.7. The van der Waals surface area contributed by atoms with Gasteiger partial charge in [0.2, 0.25) is 10.0 Å². The molecule has 0 aromatic heterocycles. The monoisotopic (exact) mass is 468 g/mol. The fourth-order valence-corrected chi connectivity index (χ4v) is 4.04. The molecular weight excluding hydrogens is 444 g/mol. The number of hydrogen-bond acceptors (Lipinski definition) is 6. The Kier molecular flexibility index (Phi) is 7.81. The van der Waals surface area contributed by atoms with Gasteiger partial charge in [0.05, 0.1) is 10.5 Å². The lowest BCUT2D eigenvalue weighted by molar-refractivity contribution is -0.119. The van der Waals surface area contributed by atoms with Gasteiger partial charge in [0.25, 0.3) is 5.91 Å². The summed E-state index contributed by atoms with van der Waals surface area (Å²) in [6.07, 6.45) is 0. The Hall–Kier alpha value is -3.69. The molecule has 2 N–H and O–H groups in total. The standard InChI is InChI=1S/C24H24N2O6S/c1-17(2)26-33(29,30)22-14-8-18(9-15-22)24(28)31-16-23(27)25-19-10-12-21(13-11-19)32-20-6-4-3-5-7-20/h3-15,17,26H,16H2,1-2H3,(H,25,27). The molecular formula is C24H24N2O6S. The minimum absolute atomic E-state index is 0.0326. The minimum Gasteiger partial charge on any atom is -0.457 e. The molecule has 0 saturated heterocycles. The van der Waals surface area contributed by atoms with Gasteiger partial charge in [-0.25, -0.2) is 17.9 Å². The number of esters is 1. The largest absolute Gasteiger partial charge is 0.457 e. The van der Waals surface area contributed by atoms with Crippen LogP contribution in [0.15, 0.2) is 83.8 Å². The van der Waals surface area contributed by atoms with Crippen LogP contribution >= 0.6 is 0 Å². The van der Waals surface area contributed by atoms with Crippen LogP contribution < -0.4 is 14.8 Å². The fraction of sp³-hybridized carbons (Fsp3) is 0.167. The van der Waals surface area contributed by atoms with Gasteiger partial charge in [-0.1, -0.05) is 18.2 Å². The highest BCUT2D eigenvalue weighted by molar-refractivity contribution is 7.89. The van der Waals surface area contributed by atoms with Gasteiger partial charge in [-0.3, -0.25) is 4.79 Å². The Balaban J connectivity index is 1.49. The van der Waals surface area contributed by atoms with E-state index in [0.29, 0.717) is 17.2 Å². The predicted molar refractivity (Wildman–Crippen MR) is 124 cm³/mol. The van der Waals surface area contributed by atoms with Crippen LogP contribution in [0.25, 0.3) is 0 Å². The number of amides is 1. The third-order valence-corrected chi connectivity index (χ3v) is 5.92. The van der Waals surface area contributed by atoms with Gasteiger partial charge in [-0.05, 0) is 74.5 Å². The Morgan fingerprint density at radius 3 is 2.06 bits per heavy atom. The average Bonchev–Trinajstić information content (AvgIpc) is 2.79. The SMILES string of the molecule is CC(C)NS(=O)(=O)c1ccc(C(=O)OCC(=O)Nc2ccc(Oc3ccccc3)cc2)cc1. The lowest BCUT2D eigenvalue weighted by Crippen LogP contribution is -2.30. The van der Waals surface area contributed by atoms with Crippen LogP contribution in [-0.4, -0.2) is 32.9 Å². The first-order valence-electron chi connectivity index (χ1n) is 10.2. The number of nitrogens with one attached hydrogen (secondary N) is 2. The van der Waals surface area contributed by atoms with Crippen LogP contribution in [0.5, 0.6) is 11.5 Å². The summed E-state index contributed by atoms with van der Waals surface area (Å²) in [5, 5.41) is 2.63. The van der Waals surface area contributed by atoms with Crippen molar-refractivity contribution in [2.75, 3.05) is 11.9 Å². The molecule has 0 spiro atoms. The molecule has 8 nitrogen and oxygen atoms in total. The number of ether oxygens (including phenoxy) is 2. The molecule has 0 atom stereocenters. The summed E-state index contributed by atoms with van der Waals surface area (Å²) in [6, 6.07) is 21.1. The van der Waals surface area contributed by atoms with E-state index in [1.807, 2.05) is 30.3 Å². The molecule has 172 valence electrons. The van der Waals surface area contributed by atoms with Gasteiger partial charge in [0.15, 0.2) is 6.61 Å². The van der Waals surface area contributed by atoms with E-state index in [1.54, 1.807) is 38.1 Å². The first kappa shape index (κ1) is 24.0. The maximum absolute atomic E-state index is 12.2. The molecule has 3 aromatic carbocycles. The molecule has 33 heavy (non-hydrogen) atoms. The van der Waals surface area contributed by atoms with Gasteiger partial charge in [0, 0.05) is 11.7 Å². The maximum Gasteiger partial charge on any atom is 0.338 e. The molecule has 3 rings (SSSR count). The highest BCUT2D eigenvalue weighted by Crippen LogP contribution is 2.22. The van der Waals surface area contributed by atoms with Crippen molar-refractivity contribution in [3.63, 3.8) is 0 Å². The molecule has 0 heterocycles. The van der Waals surface area contributed by atoms with E-state index in [0.717, 1.165) is 0 Å². The van der Waals surface area contributed by atoms with Gasteiger partial charge < -0.3 is 14.8 Å². The molecule has 0 bridgehead atoms. The summed E-state index contributed by atoms with van der Waals surface area (Å²) in [4.78, 5) is 24.3. The van der Waals surface area contributed by atoms with Gasteiger partial charge in [-0.15, -0.1) is 0 Å². The molecule has 9 heteroatoms. The van der Waals surface area contributed by atoms with Crippen LogP contribution in [0.2, 0.25) is 0 Å². The molecule has 0 unspecified atom stereocenters. The number of rotatable bonds is 9. The van der Waals surface area contributed by atoms with Crippen molar-refractivity contribution in [1.29, 1.82) is 0 Å². The summed E-state index contributed by atoms with van der Waals surface area (Å²) in [5.41, 5.74) is 0.650. The van der Waals surface area contributed by atoms with Crippen molar-refractivity contribution in [2.45, 2.75) is 24.8 Å². The van der Waals surface area contributed by atoms with Gasteiger partial charge >= 0.3 is 5.97 Å². The van der Waals surface area contributed by atoms with Crippen molar-refractivity contribution in [2.24, 2.45) is 0 Å². The Labute approximate surface area is 192 Å². The smallest absolute Gasteiger partial charge is 0.338 e. The average molecular weight is 469 g/mol.